The average molecular weight is 431 g/mol. The quantitative estimate of drug-likeness (QED) is 0.679. The summed E-state index contributed by atoms with van der Waals surface area (Å²) < 4.78 is 0. The van der Waals surface area contributed by atoms with Crippen LogP contribution in [0.3, 0.4) is 0 Å². The molecule has 0 aromatic heterocycles. The molecular weight excluding hydrogens is 400 g/mol. The summed E-state index contributed by atoms with van der Waals surface area (Å²) >= 11 is 0. The van der Waals surface area contributed by atoms with Gasteiger partial charge in [-0.3, -0.25) is 19.3 Å². The van der Waals surface area contributed by atoms with E-state index in [9.17, 15) is 14.4 Å². The van der Waals surface area contributed by atoms with Gasteiger partial charge in [-0.25, -0.2) is 0 Å². The Kier molecular flexibility index (Phi) is 4.77. The summed E-state index contributed by atoms with van der Waals surface area (Å²) in [4.78, 5) is 43.8. The van der Waals surface area contributed by atoms with Crippen LogP contribution >= 0.6 is 0 Å². The third-order valence-electron chi connectivity index (χ3n) is 7.39. The Bertz CT molecular complexity index is 1060. The van der Waals surface area contributed by atoms with Crippen molar-refractivity contribution in [2.45, 2.75) is 58.5 Å². The van der Waals surface area contributed by atoms with E-state index < -0.39 is 6.04 Å². The summed E-state index contributed by atoms with van der Waals surface area (Å²) in [6.07, 6.45) is 3.35. The van der Waals surface area contributed by atoms with Crippen molar-refractivity contribution < 1.29 is 14.4 Å². The molecule has 2 heterocycles. The highest BCUT2D eigenvalue weighted by atomic mass is 16.2. The average Bonchev–Trinajstić information content (AvgIpc) is 3.15. The van der Waals surface area contributed by atoms with Gasteiger partial charge >= 0.3 is 0 Å². The molecule has 0 N–H and O–H groups in total. The monoisotopic (exact) mass is 430 g/mol. The molecule has 0 radical (unpaired) electrons. The van der Waals surface area contributed by atoms with Crippen molar-refractivity contribution in [1.29, 1.82) is 0 Å². The summed E-state index contributed by atoms with van der Waals surface area (Å²) in [5.74, 6) is -0.836. The van der Waals surface area contributed by atoms with E-state index in [1.54, 1.807) is 24.3 Å². The summed E-state index contributed by atoms with van der Waals surface area (Å²) in [6, 6.07) is 15.9. The minimum atomic E-state index is -0.837. The Hall–Kier alpha value is -2.95. The van der Waals surface area contributed by atoms with Crippen LogP contribution in [0.1, 0.15) is 66.3 Å². The summed E-state index contributed by atoms with van der Waals surface area (Å²) in [5.41, 5.74) is 1.97. The van der Waals surface area contributed by atoms with Crippen molar-refractivity contribution in [3.63, 3.8) is 0 Å². The number of rotatable bonds is 4. The fourth-order valence-corrected chi connectivity index (χ4v) is 6.53. The lowest BCUT2D eigenvalue weighted by molar-refractivity contribution is -0.136. The number of hydrogen-bond acceptors (Lipinski definition) is 3. The smallest absolute Gasteiger partial charge is 0.262 e. The topological polar surface area (TPSA) is 57.7 Å². The lowest BCUT2D eigenvalue weighted by Crippen LogP contribution is -2.53. The number of nitrogens with zero attached hydrogens (tertiary/aromatic N) is 2. The number of imide groups is 1. The lowest BCUT2D eigenvalue weighted by Gasteiger charge is -2.39. The molecule has 2 fully saturated rings. The summed E-state index contributed by atoms with van der Waals surface area (Å²) in [7, 11) is 0. The highest BCUT2D eigenvalue weighted by molar-refractivity contribution is 6.22. The first-order chi connectivity index (χ1) is 15.2. The molecule has 0 spiro atoms. The van der Waals surface area contributed by atoms with Gasteiger partial charge in [0.2, 0.25) is 5.91 Å². The van der Waals surface area contributed by atoms with Crippen molar-refractivity contribution >= 4 is 17.7 Å². The van der Waals surface area contributed by atoms with Gasteiger partial charge in [0.05, 0.1) is 11.1 Å². The highest BCUT2D eigenvalue weighted by Gasteiger charge is 2.53. The van der Waals surface area contributed by atoms with E-state index in [1.807, 2.05) is 35.2 Å². The van der Waals surface area contributed by atoms with Gasteiger partial charge < -0.3 is 4.90 Å². The van der Waals surface area contributed by atoms with Crippen molar-refractivity contribution in [2.75, 3.05) is 6.54 Å². The number of fused-ring (bicyclic) bond motifs is 3. The molecule has 3 amide bonds. The second-order valence-corrected chi connectivity index (χ2v) is 10.9. The maximum absolute atomic E-state index is 14.1. The zero-order valence-electron chi connectivity index (χ0n) is 19.0. The Morgan fingerprint density at radius 3 is 2.16 bits per heavy atom. The zero-order valence-corrected chi connectivity index (χ0v) is 19.0. The van der Waals surface area contributed by atoms with Crippen LogP contribution in [-0.2, 0) is 11.2 Å². The van der Waals surface area contributed by atoms with E-state index in [-0.39, 0.29) is 34.6 Å². The molecule has 5 rings (SSSR count). The second kappa shape index (κ2) is 7.29. The van der Waals surface area contributed by atoms with Gasteiger partial charge in [0.1, 0.15) is 6.04 Å². The number of carbonyl (C=O) groups is 3. The molecule has 0 unspecified atom stereocenters. The standard InChI is InChI=1S/C27H30N2O3/c1-26(2)14-19-15-27(3,16-26)17-28(19)25(32)22(13-18-9-5-4-6-10-18)29-23(30)20-11-7-8-12-21(20)24(29)31/h4-12,19,22H,13-17H2,1-3H3/t19-,22-,27+/m1/s1. The molecule has 2 bridgehead atoms. The number of amides is 3. The predicted molar refractivity (Wildman–Crippen MR) is 122 cm³/mol. The van der Waals surface area contributed by atoms with Gasteiger partial charge in [-0.05, 0) is 47.8 Å². The zero-order chi connectivity index (χ0) is 22.7. The largest absolute Gasteiger partial charge is 0.337 e. The molecule has 1 saturated heterocycles. The van der Waals surface area contributed by atoms with E-state index in [2.05, 4.69) is 20.8 Å². The van der Waals surface area contributed by atoms with E-state index >= 15 is 0 Å². The molecule has 166 valence electrons. The molecule has 2 aromatic carbocycles. The first-order valence-electron chi connectivity index (χ1n) is 11.5. The lowest BCUT2D eigenvalue weighted by atomic mass is 9.65. The van der Waals surface area contributed by atoms with Crippen molar-refractivity contribution in [3.05, 3.63) is 71.3 Å². The third-order valence-corrected chi connectivity index (χ3v) is 7.39. The van der Waals surface area contributed by atoms with Crippen LogP contribution in [0.25, 0.3) is 0 Å². The Morgan fingerprint density at radius 1 is 0.938 bits per heavy atom. The normalized spacial score (nSPS) is 26.9. The van der Waals surface area contributed by atoms with Gasteiger partial charge in [-0.2, -0.15) is 0 Å². The Balaban J connectivity index is 1.51. The first kappa shape index (κ1) is 20.9. The fraction of sp³-hybridized carbons (Fsp3) is 0.444. The van der Waals surface area contributed by atoms with Crippen LogP contribution in [0.15, 0.2) is 54.6 Å². The van der Waals surface area contributed by atoms with Gasteiger partial charge in [0.15, 0.2) is 0 Å². The maximum atomic E-state index is 14.1. The number of likely N-dealkylation sites (tertiary alicyclic amines) is 1. The summed E-state index contributed by atoms with van der Waals surface area (Å²) in [6.45, 7) is 7.50. The van der Waals surface area contributed by atoms with Crippen LogP contribution in [0.2, 0.25) is 0 Å². The number of hydrogen-bond donors (Lipinski definition) is 0. The van der Waals surface area contributed by atoms with Crippen LogP contribution in [0.5, 0.6) is 0 Å². The van der Waals surface area contributed by atoms with Crippen LogP contribution < -0.4 is 0 Å². The number of carbonyl (C=O) groups excluding carboxylic acids is 3. The highest BCUT2D eigenvalue weighted by Crippen LogP contribution is 2.52. The first-order valence-corrected chi connectivity index (χ1v) is 11.5. The fourth-order valence-electron chi connectivity index (χ4n) is 6.53. The second-order valence-electron chi connectivity index (χ2n) is 10.9. The van der Waals surface area contributed by atoms with E-state index in [1.165, 1.54) is 4.90 Å². The minimum Gasteiger partial charge on any atom is -0.337 e. The Labute approximate surface area is 189 Å². The molecular formula is C27H30N2O3. The molecule has 1 saturated carbocycles. The van der Waals surface area contributed by atoms with Crippen molar-refractivity contribution in [2.24, 2.45) is 10.8 Å². The van der Waals surface area contributed by atoms with Gasteiger partial charge in [-0.15, -0.1) is 0 Å². The summed E-state index contributed by atoms with van der Waals surface area (Å²) in [5, 5.41) is 0. The van der Waals surface area contributed by atoms with Crippen LogP contribution in [0, 0.1) is 10.8 Å². The SMILES string of the molecule is CC1(C)C[C@@H]2C[C@](C)(CN2C(=O)[C@@H](Cc2ccccc2)N2C(=O)c3ccccc3C2=O)C1. The Morgan fingerprint density at radius 2 is 1.53 bits per heavy atom. The van der Waals surface area contributed by atoms with E-state index in [4.69, 9.17) is 0 Å². The van der Waals surface area contributed by atoms with Crippen LogP contribution in [0.4, 0.5) is 0 Å². The number of benzene rings is 2. The third kappa shape index (κ3) is 3.44. The van der Waals surface area contributed by atoms with Crippen LogP contribution in [-0.4, -0.2) is 46.1 Å². The van der Waals surface area contributed by atoms with Crippen molar-refractivity contribution in [1.82, 2.24) is 9.80 Å². The molecule has 5 heteroatoms. The molecule has 5 nitrogen and oxygen atoms in total. The van der Waals surface area contributed by atoms with Gasteiger partial charge in [-0.1, -0.05) is 63.2 Å². The minimum absolute atomic E-state index is 0.0847. The molecule has 32 heavy (non-hydrogen) atoms. The molecule has 3 aliphatic rings. The van der Waals surface area contributed by atoms with Gasteiger partial charge in [0, 0.05) is 19.0 Å². The molecule has 1 aliphatic carbocycles. The molecule has 2 aliphatic heterocycles. The molecule has 3 atom stereocenters. The maximum Gasteiger partial charge on any atom is 0.262 e. The van der Waals surface area contributed by atoms with Gasteiger partial charge in [0.25, 0.3) is 11.8 Å². The van der Waals surface area contributed by atoms with E-state index in [0.717, 1.165) is 24.8 Å². The predicted octanol–water partition coefficient (Wildman–Crippen LogP) is 4.32. The van der Waals surface area contributed by atoms with E-state index in [0.29, 0.717) is 24.1 Å². The molecule has 2 aromatic rings. The van der Waals surface area contributed by atoms with Crippen molar-refractivity contribution in [3.8, 4) is 0 Å².